The van der Waals surface area contributed by atoms with Crippen molar-refractivity contribution in [3.8, 4) is 0 Å². The third-order valence-corrected chi connectivity index (χ3v) is 6.93. The molecule has 0 spiro atoms. The van der Waals surface area contributed by atoms with Crippen LogP contribution in [0.15, 0.2) is 54.7 Å². The molecule has 1 aromatic heterocycles. The Morgan fingerprint density at radius 1 is 1.06 bits per heavy atom. The highest BCUT2D eigenvalue weighted by Crippen LogP contribution is 2.29. The lowest BCUT2D eigenvalue weighted by atomic mass is 10.0. The Bertz CT molecular complexity index is 1330. The normalized spacial score (nSPS) is 20.6. The first kappa shape index (κ1) is 21.9. The van der Waals surface area contributed by atoms with Crippen LogP contribution in [-0.2, 0) is 20.8 Å². The van der Waals surface area contributed by atoms with Crippen LogP contribution in [-0.4, -0.2) is 63.7 Å². The zero-order valence-corrected chi connectivity index (χ0v) is 19.2. The molecular weight excluding hydrogens is 432 g/mol. The predicted octanol–water partition coefficient (Wildman–Crippen LogP) is 2.66. The maximum Gasteiger partial charge on any atom is 0.264 e. The van der Waals surface area contributed by atoms with Gasteiger partial charge in [0.2, 0.25) is 17.7 Å². The molecule has 5 rings (SSSR count). The van der Waals surface area contributed by atoms with E-state index in [1.807, 2.05) is 24.3 Å². The van der Waals surface area contributed by atoms with Crippen molar-refractivity contribution < 1.29 is 19.2 Å². The van der Waals surface area contributed by atoms with Crippen molar-refractivity contribution in [2.45, 2.75) is 38.3 Å². The number of hydrogen-bond donors (Lipinski definition) is 1. The maximum absolute atomic E-state index is 13.8. The van der Waals surface area contributed by atoms with Crippen molar-refractivity contribution in [2.75, 3.05) is 18.9 Å². The van der Waals surface area contributed by atoms with E-state index >= 15 is 0 Å². The number of rotatable bonds is 1. The van der Waals surface area contributed by atoms with Crippen LogP contribution in [0.4, 0.5) is 5.69 Å². The fourth-order valence-corrected chi connectivity index (χ4v) is 5.02. The molecule has 2 aromatic carbocycles. The molecule has 3 amide bonds. The third kappa shape index (κ3) is 3.55. The van der Waals surface area contributed by atoms with Gasteiger partial charge in [-0.15, -0.1) is 0 Å². The van der Waals surface area contributed by atoms with Crippen LogP contribution in [0.2, 0.25) is 0 Å². The molecule has 1 N–H and O–H groups in total. The Morgan fingerprint density at radius 3 is 2.59 bits per heavy atom. The number of likely N-dealkylation sites (N-methyl/N-ethyl adjacent to an activating group) is 1. The van der Waals surface area contributed by atoms with Crippen LogP contribution in [0, 0.1) is 0 Å². The number of aromatic nitrogens is 1. The minimum absolute atomic E-state index is 0.238. The molecule has 2 bridgehead atoms. The molecule has 0 aliphatic carbocycles. The second kappa shape index (κ2) is 8.44. The lowest BCUT2D eigenvalue weighted by Crippen LogP contribution is -2.53. The number of hydrogen-bond acceptors (Lipinski definition) is 4. The number of carbonyl (C=O) groups excluding carboxylic acids is 4. The van der Waals surface area contributed by atoms with Crippen molar-refractivity contribution in [3.05, 3.63) is 65.9 Å². The van der Waals surface area contributed by atoms with Gasteiger partial charge in [0.05, 0.1) is 16.8 Å². The Morgan fingerprint density at radius 2 is 1.79 bits per heavy atom. The Kier molecular flexibility index (Phi) is 5.43. The lowest BCUT2D eigenvalue weighted by molar-refractivity contribution is -0.145. The molecule has 0 radical (unpaired) electrons. The number of benzene rings is 2. The number of carbonyl (C=O) groups is 4. The first-order valence-electron chi connectivity index (χ1n) is 11.4. The number of amides is 3. The van der Waals surface area contributed by atoms with Crippen LogP contribution in [0.1, 0.15) is 35.7 Å². The van der Waals surface area contributed by atoms with Crippen LogP contribution < -0.4 is 5.32 Å². The zero-order chi connectivity index (χ0) is 24.0. The van der Waals surface area contributed by atoms with Gasteiger partial charge in [-0.05, 0) is 36.6 Å². The van der Waals surface area contributed by atoms with Crippen molar-refractivity contribution in [3.63, 3.8) is 0 Å². The molecule has 8 nitrogen and oxygen atoms in total. The second-order valence-corrected chi connectivity index (χ2v) is 8.92. The molecule has 8 heteroatoms. The Labute approximate surface area is 197 Å². The molecule has 2 unspecified atom stereocenters. The summed E-state index contributed by atoms with van der Waals surface area (Å²) < 4.78 is 1.56. The third-order valence-electron chi connectivity index (χ3n) is 6.93. The monoisotopic (exact) mass is 458 g/mol. The van der Waals surface area contributed by atoms with Crippen molar-refractivity contribution in [1.82, 2.24) is 14.4 Å². The van der Waals surface area contributed by atoms with Gasteiger partial charge in [-0.25, -0.2) is 0 Å². The van der Waals surface area contributed by atoms with Gasteiger partial charge in [-0.3, -0.25) is 23.7 Å². The van der Waals surface area contributed by atoms with Gasteiger partial charge < -0.3 is 15.1 Å². The summed E-state index contributed by atoms with van der Waals surface area (Å²) in [7, 11) is 1.61. The molecule has 174 valence electrons. The van der Waals surface area contributed by atoms with E-state index in [0.29, 0.717) is 36.2 Å². The smallest absolute Gasteiger partial charge is 0.264 e. The van der Waals surface area contributed by atoms with E-state index < -0.39 is 12.1 Å². The molecule has 34 heavy (non-hydrogen) atoms. The highest BCUT2D eigenvalue weighted by molar-refractivity contribution is 6.09. The second-order valence-electron chi connectivity index (χ2n) is 8.92. The summed E-state index contributed by atoms with van der Waals surface area (Å²) in [6.45, 7) is 1.87. The molecule has 2 aliphatic rings. The van der Waals surface area contributed by atoms with Gasteiger partial charge in [-0.1, -0.05) is 30.3 Å². The zero-order valence-electron chi connectivity index (χ0n) is 19.2. The number of para-hydroxylation sites is 2. The molecule has 2 atom stereocenters. The predicted molar refractivity (Wildman–Crippen MR) is 127 cm³/mol. The van der Waals surface area contributed by atoms with E-state index in [9.17, 15) is 19.2 Å². The number of nitrogens with zero attached hydrogens (tertiary/aromatic N) is 3. The molecular formula is C26H26N4O4. The topological polar surface area (TPSA) is 91.7 Å². The van der Waals surface area contributed by atoms with Crippen LogP contribution in [0.3, 0.4) is 0 Å². The van der Waals surface area contributed by atoms with Crippen LogP contribution >= 0.6 is 0 Å². The largest absolute Gasteiger partial charge is 0.334 e. The average Bonchev–Trinajstić information content (AvgIpc) is 3.47. The fourth-order valence-electron chi connectivity index (χ4n) is 5.02. The first-order chi connectivity index (χ1) is 16.4. The number of nitrogens with one attached hydrogen (secondary N) is 1. The van der Waals surface area contributed by atoms with Gasteiger partial charge in [0.25, 0.3) is 5.91 Å². The highest BCUT2D eigenvalue weighted by atomic mass is 16.2. The summed E-state index contributed by atoms with van der Waals surface area (Å²) in [5.41, 5.74) is 2.28. The Hall–Kier alpha value is -3.94. The van der Waals surface area contributed by atoms with Gasteiger partial charge in [0.1, 0.15) is 12.1 Å². The average molecular weight is 459 g/mol. The SMILES string of the molecule is CC(=O)N(C)C1Cc2cn(c3ccccc23)C(=O)c2ccccc2NC(=O)C2CCCN2C1=O. The molecule has 3 heterocycles. The number of anilines is 1. The summed E-state index contributed by atoms with van der Waals surface area (Å²) in [5, 5.41) is 3.74. The quantitative estimate of drug-likeness (QED) is 0.607. The fraction of sp³-hybridized carbons (Fsp3) is 0.308. The summed E-state index contributed by atoms with van der Waals surface area (Å²) in [6, 6.07) is 13.0. The van der Waals surface area contributed by atoms with Gasteiger partial charge in [0.15, 0.2) is 0 Å². The van der Waals surface area contributed by atoms with Crippen molar-refractivity contribution in [1.29, 1.82) is 0 Å². The standard InChI is InChI=1S/C26H26N4O4/c1-16(31)28(2)23-14-17-15-30(21-11-6-4-8-18(17)21)25(33)19-9-3-5-10-20(19)27-24(32)22-12-7-13-29(22)26(23)34/h3-6,8-11,15,22-23H,7,12-14H2,1-2H3,(H,27,32). The number of fused-ring (bicyclic) bond motifs is 7. The molecule has 1 saturated heterocycles. The summed E-state index contributed by atoms with van der Waals surface area (Å²) in [4.78, 5) is 56.0. The van der Waals surface area contributed by atoms with E-state index in [2.05, 4.69) is 5.32 Å². The highest BCUT2D eigenvalue weighted by Gasteiger charge is 2.40. The van der Waals surface area contributed by atoms with E-state index in [1.165, 1.54) is 11.8 Å². The molecule has 3 aromatic rings. The van der Waals surface area contributed by atoms with Gasteiger partial charge >= 0.3 is 0 Å². The summed E-state index contributed by atoms with van der Waals surface area (Å²) in [6.07, 6.45) is 3.21. The van der Waals surface area contributed by atoms with E-state index in [1.54, 1.807) is 47.0 Å². The van der Waals surface area contributed by atoms with Gasteiger partial charge in [-0.2, -0.15) is 0 Å². The van der Waals surface area contributed by atoms with Gasteiger partial charge in [0, 0.05) is 38.5 Å². The Balaban J connectivity index is 1.72. The van der Waals surface area contributed by atoms with Crippen molar-refractivity contribution >= 4 is 40.2 Å². The molecule has 2 aliphatic heterocycles. The summed E-state index contributed by atoms with van der Waals surface area (Å²) >= 11 is 0. The summed E-state index contributed by atoms with van der Waals surface area (Å²) in [5.74, 6) is -1.10. The van der Waals surface area contributed by atoms with E-state index in [-0.39, 0.29) is 30.0 Å². The van der Waals surface area contributed by atoms with Crippen LogP contribution in [0.5, 0.6) is 0 Å². The lowest BCUT2D eigenvalue weighted by Gasteiger charge is -2.32. The molecule has 1 fully saturated rings. The van der Waals surface area contributed by atoms with Crippen molar-refractivity contribution in [2.24, 2.45) is 0 Å². The minimum atomic E-state index is -0.789. The first-order valence-corrected chi connectivity index (χ1v) is 11.4. The maximum atomic E-state index is 13.8. The van der Waals surface area contributed by atoms with E-state index in [0.717, 1.165) is 10.9 Å². The molecule has 0 saturated carbocycles. The minimum Gasteiger partial charge on any atom is -0.334 e. The van der Waals surface area contributed by atoms with E-state index in [4.69, 9.17) is 0 Å². The van der Waals surface area contributed by atoms with Crippen LogP contribution in [0.25, 0.3) is 10.9 Å².